The summed E-state index contributed by atoms with van der Waals surface area (Å²) >= 11 is 0. The fraction of sp³-hybridized carbons (Fsp3) is 0.500. The average Bonchev–Trinajstić information content (AvgIpc) is 2.48. The lowest BCUT2D eigenvalue weighted by atomic mass is 10.1. The molecule has 3 N–H and O–H groups in total. The molecule has 5 nitrogen and oxygen atoms in total. The molecule has 1 heterocycles. The highest BCUT2D eigenvalue weighted by Gasteiger charge is 2.05. The van der Waals surface area contributed by atoms with Gasteiger partial charge in [0.05, 0.1) is 5.69 Å². The molecule has 0 fully saturated rings. The van der Waals surface area contributed by atoms with Crippen LogP contribution in [0.4, 0.5) is 0 Å². The average molecular weight is 213 g/mol. The molecule has 84 valence electrons. The van der Waals surface area contributed by atoms with Gasteiger partial charge >= 0.3 is 5.97 Å². The van der Waals surface area contributed by atoms with Gasteiger partial charge in [-0.05, 0) is 25.3 Å². The first-order valence-corrected chi connectivity index (χ1v) is 4.92. The van der Waals surface area contributed by atoms with Crippen LogP contribution in [-0.2, 0) is 11.2 Å². The third-order valence-corrected chi connectivity index (χ3v) is 2.24. The van der Waals surface area contributed by atoms with Crippen molar-refractivity contribution < 1.29 is 20.2 Å². The summed E-state index contributed by atoms with van der Waals surface area (Å²) in [7, 11) is 0. The Morgan fingerprint density at radius 1 is 1.27 bits per heavy atom. The van der Waals surface area contributed by atoms with Gasteiger partial charge in [0.1, 0.15) is 0 Å². The second-order valence-electron chi connectivity index (χ2n) is 3.45. The largest absolute Gasteiger partial charge is 0.492 e. The Labute approximate surface area is 87.5 Å². The zero-order valence-corrected chi connectivity index (χ0v) is 8.39. The minimum absolute atomic E-state index is 0.171. The van der Waals surface area contributed by atoms with Crippen LogP contribution >= 0.6 is 0 Å². The van der Waals surface area contributed by atoms with Crippen LogP contribution in [0.3, 0.4) is 0 Å². The highest BCUT2D eigenvalue weighted by atomic mass is 16.5. The number of carboxylic acid groups (broad SMARTS) is 1. The number of hydrogen-bond donors (Lipinski definition) is 3. The normalized spacial score (nSPS) is 10.4. The van der Waals surface area contributed by atoms with Gasteiger partial charge in [0.2, 0.25) is 5.88 Å². The zero-order valence-electron chi connectivity index (χ0n) is 8.39. The smallest absolute Gasteiger partial charge is 0.303 e. The summed E-state index contributed by atoms with van der Waals surface area (Å²) < 4.78 is 0.747. The molecule has 1 aromatic heterocycles. The van der Waals surface area contributed by atoms with Crippen LogP contribution in [0.5, 0.6) is 5.88 Å². The lowest BCUT2D eigenvalue weighted by molar-refractivity contribution is -0.137. The molecule has 15 heavy (non-hydrogen) atoms. The Kier molecular flexibility index (Phi) is 4.03. The molecule has 0 bridgehead atoms. The number of nitrogens with zero attached hydrogens (tertiary/aromatic N) is 1. The van der Waals surface area contributed by atoms with Gasteiger partial charge in [-0.25, -0.2) is 0 Å². The predicted octanol–water partition coefficient (Wildman–Crippen LogP) is 1.62. The van der Waals surface area contributed by atoms with E-state index in [1.807, 2.05) is 0 Å². The van der Waals surface area contributed by atoms with Crippen molar-refractivity contribution >= 4 is 5.97 Å². The van der Waals surface area contributed by atoms with Crippen molar-refractivity contribution in [2.24, 2.45) is 0 Å². The summed E-state index contributed by atoms with van der Waals surface area (Å²) in [4.78, 5) is 10.2. The Bertz CT molecular complexity index is 332. The van der Waals surface area contributed by atoms with Crippen LogP contribution in [0, 0.1) is 0 Å². The number of unbranched alkanes of at least 4 members (excludes halogenated alkanes) is 2. The van der Waals surface area contributed by atoms with Gasteiger partial charge in [-0.2, -0.15) is 4.73 Å². The van der Waals surface area contributed by atoms with Crippen LogP contribution in [0.25, 0.3) is 0 Å². The molecule has 0 saturated heterocycles. The first kappa shape index (κ1) is 11.4. The second-order valence-corrected chi connectivity index (χ2v) is 3.45. The van der Waals surface area contributed by atoms with E-state index in [4.69, 9.17) is 10.2 Å². The third kappa shape index (κ3) is 3.53. The van der Waals surface area contributed by atoms with E-state index in [1.54, 1.807) is 6.07 Å². The Morgan fingerprint density at radius 2 is 2.00 bits per heavy atom. The highest BCUT2D eigenvalue weighted by molar-refractivity contribution is 5.66. The molecule has 0 aliphatic carbocycles. The van der Waals surface area contributed by atoms with E-state index in [2.05, 4.69) is 0 Å². The van der Waals surface area contributed by atoms with Gasteiger partial charge in [0.25, 0.3) is 0 Å². The van der Waals surface area contributed by atoms with Gasteiger partial charge in [-0.15, -0.1) is 0 Å². The summed E-state index contributed by atoms with van der Waals surface area (Å²) in [5.74, 6) is -0.950. The summed E-state index contributed by atoms with van der Waals surface area (Å²) in [6.45, 7) is 0. The summed E-state index contributed by atoms with van der Waals surface area (Å²) in [5, 5.41) is 26.7. The third-order valence-electron chi connectivity index (χ3n) is 2.24. The number of aryl methyl sites for hydroxylation is 1. The lowest BCUT2D eigenvalue weighted by Gasteiger charge is -2.02. The Balaban J connectivity index is 2.20. The number of aromatic hydroxyl groups is 1. The SMILES string of the molecule is O=C(O)CCCCCc1ccc(O)n1O. The van der Waals surface area contributed by atoms with Crippen molar-refractivity contribution in [2.75, 3.05) is 0 Å². The molecule has 1 rings (SSSR count). The van der Waals surface area contributed by atoms with Gasteiger partial charge in [0.15, 0.2) is 0 Å². The van der Waals surface area contributed by atoms with Crippen molar-refractivity contribution in [1.29, 1.82) is 0 Å². The van der Waals surface area contributed by atoms with E-state index in [9.17, 15) is 10.0 Å². The molecule has 0 aromatic carbocycles. The van der Waals surface area contributed by atoms with Crippen molar-refractivity contribution in [3.8, 4) is 5.88 Å². The molecule has 0 aliphatic rings. The highest BCUT2D eigenvalue weighted by Crippen LogP contribution is 2.15. The second kappa shape index (κ2) is 5.29. The molecule has 0 saturated carbocycles. The molecule has 0 atom stereocenters. The summed E-state index contributed by atoms with van der Waals surface area (Å²) in [6.07, 6.45) is 3.07. The number of carbonyl (C=O) groups is 1. The van der Waals surface area contributed by atoms with Crippen LogP contribution in [0.1, 0.15) is 31.4 Å². The molecule has 0 spiro atoms. The van der Waals surface area contributed by atoms with Crippen molar-refractivity contribution in [2.45, 2.75) is 32.1 Å². The number of carboxylic acids is 1. The van der Waals surface area contributed by atoms with Gasteiger partial charge in [0, 0.05) is 12.5 Å². The minimum atomic E-state index is -0.779. The predicted molar refractivity (Wildman–Crippen MR) is 53.1 cm³/mol. The molecule has 1 aromatic rings. The van der Waals surface area contributed by atoms with Crippen LogP contribution < -0.4 is 0 Å². The lowest BCUT2D eigenvalue weighted by Crippen LogP contribution is -1.98. The van der Waals surface area contributed by atoms with Crippen LogP contribution in [0.2, 0.25) is 0 Å². The maximum absolute atomic E-state index is 10.2. The number of aliphatic carboxylic acids is 1. The van der Waals surface area contributed by atoms with Crippen molar-refractivity contribution in [3.63, 3.8) is 0 Å². The first-order valence-electron chi connectivity index (χ1n) is 4.92. The maximum atomic E-state index is 10.2. The summed E-state index contributed by atoms with van der Waals surface area (Å²) in [6, 6.07) is 3.07. The Morgan fingerprint density at radius 3 is 2.53 bits per heavy atom. The van der Waals surface area contributed by atoms with E-state index < -0.39 is 5.97 Å². The molecule has 5 heteroatoms. The number of hydrogen-bond acceptors (Lipinski definition) is 3. The van der Waals surface area contributed by atoms with E-state index in [0.29, 0.717) is 18.5 Å². The number of aromatic nitrogens is 1. The van der Waals surface area contributed by atoms with Crippen molar-refractivity contribution in [3.05, 3.63) is 17.8 Å². The summed E-state index contributed by atoms with van der Waals surface area (Å²) in [5.41, 5.74) is 0.642. The van der Waals surface area contributed by atoms with Gasteiger partial charge < -0.3 is 15.4 Å². The molecule has 0 amide bonds. The van der Waals surface area contributed by atoms with E-state index in [0.717, 1.165) is 17.6 Å². The number of rotatable bonds is 6. The first-order chi connectivity index (χ1) is 7.11. The molecule has 0 radical (unpaired) electrons. The molecule has 0 unspecified atom stereocenters. The quantitative estimate of drug-likeness (QED) is 0.495. The fourth-order valence-electron chi connectivity index (χ4n) is 1.41. The van der Waals surface area contributed by atoms with Gasteiger partial charge in [-0.1, -0.05) is 6.42 Å². The fourth-order valence-corrected chi connectivity index (χ4v) is 1.41. The maximum Gasteiger partial charge on any atom is 0.303 e. The van der Waals surface area contributed by atoms with Crippen LogP contribution in [-0.4, -0.2) is 26.1 Å². The van der Waals surface area contributed by atoms with E-state index >= 15 is 0 Å². The Hall–Kier alpha value is -1.65. The monoisotopic (exact) mass is 213 g/mol. The van der Waals surface area contributed by atoms with Crippen molar-refractivity contribution in [1.82, 2.24) is 4.73 Å². The van der Waals surface area contributed by atoms with Gasteiger partial charge in [-0.3, -0.25) is 4.79 Å². The van der Waals surface area contributed by atoms with E-state index in [-0.39, 0.29) is 12.3 Å². The minimum Gasteiger partial charge on any atom is -0.492 e. The standard InChI is InChI=1S/C10H15NO4/c12-9-7-6-8(11(9)15)4-2-1-3-5-10(13)14/h6-7,12,15H,1-5H2,(H,13,14). The molecular formula is C10H15NO4. The van der Waals surface area contributed by atoms with E-state index in [1.165, 1.54) is 6.07 Å². The molecule has 0 aliphatic heterocycles. The van der Waals surface area contributed by atoms with Crippen LogP contribution in [0.15, 0.2) is 12.1 Å². The molecular weight excluding hydrogens is 198 g/mol. The zero-order chi connectivity index (χ0) is 11.3. The topological polar surface area (TPSA) is 82.7 Å².